The Bertz CT molecular complexity index is 840. The lowest BCUT2D eigenvalue weighted by atomic mass is 9.99. The fourth-order valence-corrected chi connectivity index (χ4v) is 2.96. The van der Waals surface area contributed by atoms with Crippen molar-refractivity contribution in [3.05, 3.63) is 18.2 Å². The van der Waals surface area contributed by atoms with Crippen LogP contribution in [0.2, 0.25) is 0 Å². The number of aromatic amines is 1. The number of carbonyl (C=O) groups excluding carboxylic acids is 4. The molecule has 184 valence electrons. The quantitative estimate of drug-likeness (QED) is 0.171. The van der Waals surface area contributed by atoms with Gasteiger partial charge in [-0.15, -0.1) is 0 Å². The Hall–Kier alpha value is -3.48. The van der Waals surface area contributed by atoms with E-state index in [1.165, 1.54) is 12.5 Å². The van der Waals surface area contributed by atoms with E-state index in [9.17, 15) is 29.1 Å². The third kappa shape index (κ3) is 8.88. The minimum atomic E-state index is -1.26. The smallest absolute Gasteiger partial charge is 0.326 e. The van der Waals surface area contributed by atoms with E-state index >= 15 is 0 Å². The summed E-state index contributed by atoms with van der Waals surface area (Å²) in [5, 5.41) is 16.8. The maximum absolute atomic E-state index is 13.0. The number of nitrogens with two attached hydrogens (primary N) is 2. The molecule has 1 aromatic rings. The molecule has 0 fully saturated rings. The molecule has 0 saturated carbocycles. The zero-order valence-electron chi connectivity index (χ0n) is 19.1. The van der Waals surface area contributed by atoms with Gasteiger partial charge in [-0.2, -0.15) is 0 Å². The zero-order chi connectivity index (χ0) is 25.3. The minimum Gasteiger partial charge on any atom is -0.480 e. The van der Waals surface area contributed by atoms with Gasteiger partial charge in [-0.1, -0.05) is 27.7 Å². The van der Waals surface area contributed by atoms with Crippen LogP contribution in [-0.4, -0.2) is 68.8 Å². The summed E-state index contributed by atoms with van der Waals surface area (Å²) in [4.78, 5) is 67.3. The van der Waals surface area contributed by atoms with E-state index in [0.717, 1.165) is 0 Å². The lowest BCUT2D eigenvalue weighted by Crippen LogP contribution is -2.59. The number of aromatic nitrogens is 2. The third-order valence-corrected chi connectivity index (χ3v) is 4.85. The van der Waals surface area contributed by atoms with Gasteiger partial charge >= 0.3 is 5.97 Å². The van der Waals surface area contributed by atoms with Crippen LogP contribution in [-0.2, 0) is 30.4 Å². The third-order valence-electron chi connectivity index (χ3n) is 4.85. The van der Waals surface area contributed by atoms with E-state index in [1.54, 1.807) is 27.7 Å². The van der Waals surface area contributed by atoms with Crippen LogP contribution in [0.25, 0.3) is 0 Å². The Morgan fingerprint density at radius 3 is 2.00 bits per heavy atom. The van der Waals surface area contributed by atoms with Gasteiger partial charge in [0.15, 0.2) is 0 Å². The molecule has 0 aliphatic carbocycles. The number of nitrogens with zero attached hydrogens (tertiary/aromatic N) is 1. The van der Waals surface area contributed by atoms with Crippen LogP contribution < -0.4 is 27.4 Å². The number of amides is 4. The lowest BCUT2D eigenvalue weighted by molar-refractivity contribution is -0.143. The normalized spacial score (nSPS) is 14.8. The second kappa shape index (κ2) is 12.5. The summed E-state index contributed by atoms with van der Waals surface area (Å²) in [7, 11) is 0. The first kappa shape index (κ1) is 27.6. The molecule has 0 aromatic carbocycles. The Morgan fingerprint density at radius 2 is 1.55 bits per heavy atom. The molecule has 0 aliphatic heterocycles. The molecule has 0 bridgehead atoms. The molecule has 13 heteroatoms. The molecule has 4 unspecified atom stereocenters. The predicted octanol–water partition coefficient (Wildman–Crippen LogP) is -1.99. The van der Waals surface area contributed by atoms with Crippen molar-refractivity contribution < 1.29 is 29.1 Å². The topological polar surface area (TPSA) is 222 Å². The second-order valence-electron chi connectivity index (χ2n) is 8.42. The molecule has 0 aliphatic rings. The maximum Gasteiger partial charge on any atom is 0.326 e. The first-order valence-electron chi connectivity index (χ1n) is 10.5. The van der Waals surface area contributed by atoms with Gasteiger partial charge in [0.1, 0.15) is 18.1 Å². The highest BCUT2D eigenvalue weighted by Gasteiger charge is 2.33. The van der Waals surface area contributed by atoms with Gasteiger partial charge in [-0.05, 0) is 11.8 Å². The molecule has 0 saturated heterocycles. The molecule has 1 rings (SSSR count). The van der Waals surface area contributed by atoms with Crippen LogP contribution in [0.5, 0.6) is 0 Å². The van der Waals surface area contributed by atoms with Gasteiger partial charge < -0.3 is 37.5 Å². The van der Waals surface area contributed by atoms with Crippen LogP contribution >= 0.6 is 0 Å². The highest BCUT2D eigenvalue weighted by molar-refractivity contribution is 5.95. The highest BCUT2D eigenvalue weighted by Crippen LogP contribution is 2.08. The summed E-state index contributed by atoms with van der Waals surface area (Å²) in [6.45, 7) is 6.66. The first-order valence-corrected chi connectivity index (χ1v) is 10.5. The molecule has 13 nitrogen and oxygen atoms in total. The number of nitrogens with one attached hydrogen (secondary N) is 4. The molecular weight excluding hydrogens is 434 g/mol. The number of carboxylic acid groups (broad SMARTS) is 1. The number of hydrogen-bond acceptors (Lipinski definition) is 7. The predicted molar refractivity (Wildman–Crippen MR) is 117 cm³/mol. The van der Waals surface area contributed by atoms with Crippen molar-refractivity contribution in [2.45, 2.75) is 64.7 Å². The lowest BCUT2D eigenvalue weighted by Gasteiger charge is -2.27. The van der Waals surface area contributed by atoms with Crippen molar-refractivity contribution in [1.29, 1.82) is 0 Å². The van der Waals surface area contributed by atoms with Gasteiger partial charge in [0.05, 0.1) is 18.8 Å². The summed E-state index contributed by atoms with van der Waals surface area (Å²) in [6, 6.07) is -4.63. The van der Waals surface area contributed by atoms with E-state index in [4.69, 9.17) is 11.5 Å². The average Bonchev–Trinajstić information content (AvgIpc) is 3.21. The molecule has 0 radical (unpaired) electrons. The summed E-state index contributed by atoms with van der Waals surface area (Å²) in [5.74, 6) is -4.89. The van der Waals surface area contributed by atoms with Crippen molar-refractivity contribution in [2.75, 3.05) is 0 Å². The molecule has 1 heterocycles. The van der Waals surface area contributed by atoms with E-state index in [1.807, 2.05) is 0 Å². The number of H-pyrrole nitrogens is 1. The molecular formula is C20H33N7O6. The standard InChI is InChI=1S/C20H33N7O6/c1-9(2)15(19(31)27-16(10(3)4)20(32)33)26-18(30)13(5-11-7-23-8-24-11)25-17(29)12(21)6-14(22)28/h7-10,12-13,15-16H,5-6,21H2,1-4H3,(H2,22,28)(H,23,24)(H,25,29)(H,26,30)(H,27,31)(H,32,33). The maximum atomic E-state index is 13.0. The summed E-state index contributed by atoms with van der Waals surface area (Å²) >= 11 is 0. The van der Waals surface area contributed by atoms with Crippen molar-refractivity contribution in [3.63, 3.8) is 0 Å². The highest BCUT2D eigenvalue weighted by atomic mass is 16.4. The van der Waals surface area contributed by atoms with E-state index in [2.05, 4.69) is 25.9 Å². The van der Waals surface area contributed by atoms with Gasteiger partial charge in [-0.25, -0.2) is 9.78 Å². The summed E-state index contributed by atoms with van der Waals surface area (Å²) in [6.07, 6.45) is 2.44. The Morgan fingerprint density at radius 1 is 0.970 bits per heavy atom. The molecule has 1 aromatic heterocycles. The van der Waals surface area contributed by atoms with Crippen LogP contribution in [0.15, 0.2) is 12.5 Å². The second-order valence-corrected chi connectivity index (χ2v) is 8.42. The number of carbonyl (C=O) groups is 5. The van der Waals surface area contributed by atoms with Crippen LogP contribution in [0.4, 0.5) is 0 Å². The van der Waals surface area contributed by atoms with Crippen molar-refractivity contribution >= 4 is 29.6 Å². The average molecular weight is 468 g/mol. The van der Waals surface area contributed by atoms with Crippen molar-refractivity contribution in [3.8, 4) is 0 Å². The Labute approximate surface area is 191 Å². The Balaban J connectivity index is 3.03. The van der Waals surface area contributed by atoms with Gasteiger partial charge in [0.25, 0.3) is 0 Å². The fourth-order valence-electron chi connectivity index (χ4n) is 2.96. The summed E-state index contributed by atoms with van der Waals surface area (Å²) < 4.78 is 0. The van der Waals surface area contributed by atoms with Crippen LogP contribution in [0.1, 0.15) is 39.8 Å². The molecule has 0 spiro atoms. The van der Waals surface area contributed by atoms with Crippen LogP contribution in [0, 0.1) is 11.8 Å². The zero-order valence-corrected chi connectivity index (χ0v) is 19.1. The molecule has 33 heavy (non-hydrogen) atoms. The minimum absolute atomic E-state index is 0.00293. The van der Waals surface area contributed by atoms with Gasteiger partial charge in [-0.3, -0.25) is 19.2 Å². The van der Waals surface area contributed by atoms with E-state index < -0.39 is 66.1 Å². The SMILES string of the molecule is CC(C)C(NC(=O)C(NC(=O)C(Cc1cnc[nH]1)NC(=O)C(N)CC(N)=O)C(C)C)C(=O)O. The summed E-state index contributed by atoms with van der Waals surface area (Å²) in [5.41, 5.74) is 11.3. The van der Waals surface area contributed by atoms with Crippen molar-refractivity contribution in [1.82, 2.24) is 25.9 Å². The molecule has 4 amide bonds. The Kier molecular flexibility index (Phi) is 10.5. The van der Waals surface area contributed by atoms with Gasteiger partial charge in [0.2, 0.25) is 23.6 Å². The molecule has 9 N–H and O–H groups in total. The number of hydrogen-bond donors (Lipinski definition) is 7. The molecule has 4 atom stereocenters. The fraction of sp³-hybridized carbons (Fsp3) is 0.600. The first-order chi connectivity index (χ1) is 15.3. The van der Waals surface area contributed by atoms with Gasteiger partial charge in [0, 0.05) is 18.3 Å². The van der Waals surface area contributed by atoms with Crippen molar-refractivity contribution in [2.24, 2.45) is 23.3 Å². The van der Waals surface area contributed by atoms with E-state index in [-0.39, 0.29) is 12.3 Å². The number of imidazole rings is 1. The number of aliphatic carboxylic acids is 1. The number of rotatable bonds is 13. The monoisotopic (exact) mass is 467 g/mol. The van der Waals surface area contributed by atoms with Crippen LogP contribution in [0.3, 0.4) is 0 Å². The van der Waals surface area contributed by atoms with E-state index in [0.29, 0.717) is 5.69 Å². The number of carboxylic acids is 1. The number of primary amides is 1. The largest absolute Gasteiger partial charge is 0.480 e.